The third-order valence-electron chi connectivity index (χ3n) is 3.14. The Hall–Kier alpha value is -2.50. The Morgan fingerprint density at radius 2 is 2.24 bits per heavy atom. The van der Waals surface area contributed by atoms with Crippen molar-refractivity contribution in [2.45, 2.75) is 13.3 Å². The fourth-order valence-corrected chi connectivity index (χ4v) is 1.98. The summed E-state index contributed by atoms with van der Waals surface area (Å²) in [5, 5.41) is 16.3. The molecule has 0 saturated carbocycles. The molecule has 0 saturated heterocycles. The molecule has 0 aliphatic rings. The second-order valence-corrected chi connectivity index (χ2v) is 4.67. The largest absolute Gasteiger partial charge is 0.497 e. The van der Waals surface area contributed by atoms with Crippen molar-refractivity contribution in [2.75, 3.05) is 13.7 Å². The predicted octanol–water partition coefficient (Wildman–Crippen LogP) is 2.25. The lowest BCUT2D eigenvalue weighted by molar-refractivity contribution is 0.312. The van der Waals surface area contributed by atoms with E-state index in [1.165, 1.54) is 0 Å². The van der Waals surface area contributed by atoms with E-state index >= 15 is 0 Å². The molecule has 0 aliphatic carbocycles. The van der Waals surface area contributed by atoms with Crippen molar-refractivity contribution in [1.82, 2.24) is 9.78 Å². The molecule has 1 heterocycles. The molecule has 2 aromatic rings. The maximum atomic E-state index is 8.94. The highest BCUT2D eigenvalue weighted by Crippen LogP contribution is 2.25. The van der Waals surface area contributed by atoms with Gasteiger partial charge in [-0.25, -0.2) is 0 Å². The maximum Gasteiger partial charge on any atom is 0.132 e. The number of methoxy groups -OCH3 is 1. The van der Waals surface area contributed by atoms with Gasteiger partial charge in [0.05, 0.1) is 25.6 Å². The third kappa shape index (κ3) is 3.75. The van der Waals surface area contributed by atoms with Crippen LogP contribution in [0.4, 0.5) is 0 Å². The Morgan fingerprint density at radius 1 is 1.43 bits per heavy atom. The monoisotopic (exact) mass is 289 g/mol. The van der Waals surface area contributed by atoms with Crippen LogP contribution < -0.4 is 9.47 Å². The summed E-state index contributed by atoms with van der Waals surface area (Å²) in [4.78, 5) is 0. The number of aromatic nitrogens is 2. The average Bonchev–Trinajstić information content (AvgIpc) is 2.91. The first-order chi connectivity index (χ1) is 10.1. The molecule has 1 aromatic carbocycles. The van der Waals surface area contributed by atoms with E-state index < -0.39 is 0 Å². The van der Waals surface area contributed by atoms with Crippen molar-refractivity contribution in [3.8, 4) is 11.5 Å². The molecule has 1 N–H and O–H groups in total. The van der Waals surface area contributed by atoms with Gasteiger partial charge in [-0.1, -0.05) is 5.16 Å². The van der Waals surface area contributed by atoms with Crippen molar-refractivity contribution >= 4 is 5.71 Å². The first-order valence-corrected chi connectivity index (χ1v) is 6.61. The zero-order chi connectivity index (χ0) is 15.2. The molecule has 0 amide bonds. The molecule has 0 fully saturated rings. The summed E-state index contributed by atoms with van der Waals surface area (Å²) in [5.74, 6) is 1.33. The van der Waals surface area contributed by atoms with Gasteiger partial charge in [-0.2, -0.15) is 5.10 Å². The molecule has 2 rings (SSSR count). The van der Waals surface area contributed by atoms with E-state index in [2.05, 4.69) is 10.3 Å². The van der Waals surface area contributed by atoms with E-state index in [-0.39, 0.29) is 0 Å². The molecule has 0 bridgehead atoms. The highest BCUT2D eigenvalue weighted by molar-refractivity contribution is 6.00. The molecular formula is C15H19N3O3. The van der Waals surface area contributed by atoms with Crippen LogP contribution in [0.1, 0.15) is 18.1 Å². The lowest BCUT2D eigenvalue weighted by Gasteiger charge is -2.12. The summed E-state index contributed by atoms with van der Waals surface area (Å²) in [7, 11) is 3.48. The minimum absolute atomic E-state index is 0.494. The summed E-state index contributed by atoms with van der Waals surface area (Å²) in [6, 6.07) is 5.40. The van der Waals surface area contributed by atoms with Gasteiger partial charge in [0, 0.05) is 31.3 Å². The second kappa shape index (κ2) is 6.78. The SMILES string of the molecule is COc1ccc(/C(C)=N/O)c(OCCc2cnn(C)c2)c1. The van der Waals surface area contributed by atoms with E-state index in [0.717, 1.165) is 17.5 Å². The number of aryl methyl sites for hydroxylation is 1. The normalized spacial score (nSPS) is 11.5. The van der Waals surface area contributed by atoms with E-state index in [9.17, 15) is 0 Å². The number of hydrogen-bond donors (Lipinski definition) is 1. The van der Waals surface area contributed by atoms with Gasteiger partial charge < -0.3 is 14.7 Å². The van der Waals surface area contributed by atoms with Crippen LogP contribution in [-0.2, 0) is 13.5 Å². The van der Waals surface area contributed by atoms with E-state index in [1.54, 1.807) is 30.8 Å². The molecule has 0 aliphatic heterocycles. The zero-order valence-corrected chi connectivity index (χ0v) is 12.4. The van der Waals surface area contributed by atoms with Crippen LogP contribution in [0.25, 0.3) is 0 Å². The summed E-state index contributed by atoms with van der Waals surface area (Å²) in [5.41, 5.74) is 2.34. The summed E-state index contributed by atoms with van der Waals surface area (Å²) in [6.45, 7) is 2.22. The van der Waals surface area contributed by atoms with Crippen molar-refractivity contribution in [2.24, 2.45) is 12.2 Å². The third-order valence-corrected chi connectivity index (χ3v) is 3.14. The fraction of sp³-hybridized carbons (Fsp3) is 0.333. The number of rotatable bonds is 6. The molecule has 0 radical (unpaired) electrons. The van der Waals surface area contributed by atoms with Gasteiger partial charge in [0.2, 0.25) is 0 Å². The molecule has 6 nitrogen and oxygen atoms in total. The van der Waals surface area contributed by atoms with Crippen LogP contribution in [0.5, 0.6) is 11.5 Å². The lowest BCUT2D eigenvalue weighted by Crippen LogP contribution is -2.06. The topological polar surface area (TPSA) is 68.9 Å². The van der Waals surface area contributed by atoms with Crippen LogP contribution >= 0.6 is 0 Å². The zero-order valence-electron chi connectivity index (χ0n) is 12.4. The first-order valence-electron chi connectivity index (χ1n) is 6.61. The van der Waals surface area contributed by atoms with E-state index in [1.807, 2.05) is 25.5 Å². The Labute approximate surface area is 123 Å². The van der Waals surface area contributed by atoms with Gasteiger partial charge >= 0.3 is 0 Å². The Morgan fingerprint density at radius 3 is 2.86 bits per heavy atom. The smallest absolute Gasteiger partial charge is 0.132 e. The minimum atomic E-state index is 0.494. The highest BCUT2D eigenvalue weighted by atomic mass is 16.5. The van der Waals surface area contributed by atoms with Crippen LogP contribution in [-0.4, -0.2) is 34.4 Å². The second-order valence-electron chi connectivity index (χ2n) is 4.67. The Balaban J connectivity index is 2.09. The van der Waals surface area contributed by atoms with E-state index in [0.29, 0.717) is 23.8 Å². The van der Waals surface area contributed by atoms with Crippen molar-refractivity contribution < 1.29 is 14.7 Å². The molecule has 0 unspecified atom stereocenters. The van der Waals surface area contributed by atoms with E-state index in [4.69, 9.17) is 14.7 Å². The average molecular weight is 289 g/mol. The molecule has 6 heteroatoms. The summed E-state index contributed by atoms with van der Waals surface area (Å²) < 4.78 is 12.8. The molecule has 1 aromatic heterocycles. The maximum absolute atomic E-state index is 8.94. The quantitative estimate of drug-likeness (QED) is 0.503. The number of nitrogens with zero attached hydrogens (tertiary/aromatic N) is 3. The first kappa shape index (κ1) is 14.9. The highest BCUT2D eigenvalue weighted by Gasteiger charge is 2.09. The van der Waals surface area contributed by atoms with Crippen LogP contribution in [0, 0.1) is 0 Å². The Kier molecular flexibility index (Phi) is 4.81. The predicted molar refractivity (Wildman–Crippen MR) is 79.4 cm³/mol. The summed E-state index contributed by atoms with van der Waals surface area (Å²) >= 11 is 0. The van der Waals surface area contributed by atoms with Crippen LogP contribution in [0.15, 0.2) is 35.7 Å². The van der Waals surface area contributed by atoms with Crippen molar-refractivity contribution in [3.05, 3.63) is 41.7 Å². The number of benzene rings is 1. The van der Waals surface area contributed by atoms with Gasteiger partial charge in [-0.3, -0.25) is 4.68 Å². The van der Waals surface area contributed by atoms with Crippen LogP contribution in [0.2, 0.25) is 0 Å². The van der Waals surface area contributed by atoms with Crippen LogP contribution in [0.3, 0.4) is 0 Å². The van der Waals surface area contributed by atoms with Crippen molar-refractivity contribution in [3.63, 3.8) is 0 Å². The molecule has 112 valence electrons. The van der Waals surface area contributed by atoms with Gasteiger partial charge in [0.25, 0.3) is 0 Å². The van der Waals surface area contributed by atoms with Crippen molar-refractivity contribution in [1.29, 1.82) is 0 Å². The molecule has 0 atom stereocenters. The fourth-order valence-electron chi connectivity index (χ4n) is 1.98. The standard InChI is InChI=1S/C15H19N3O3/c1-11(17-19)14-5-4-13(20-3)8-15(14)21-7-6-12-9-16-18(2)10-12/h4-5,8-10,19H,6-7H2,1-3H3/b17-11+. The molecule has 21 heavy (non-hydrogen) atoms. The number of oxime groups is 1. The minimum Gasteiger partial charge on any atom is -0.497 e. The lowest BCUT2D eigenvalue weighted by atomic mass is 10.1. The van der Waals surface area contributed by atoms with Gasteiger partial charge in [0.1, 0.15) is 11.5 Å². The van der Waals surface area contributed by atoms with Gasteiger partial charge in [0.15, 0.2) is 0 Å². The Bertz CT molecular complexity index is 635. The van der Waals surface area contributed by atoms with Gasteiger partial charge in [-0.15, -0.1) is 0 Å². The van der Waals surface area contributed by atoms with Gasteiger partial charge in [-0.05, 0) is 24.6 Å². The molecular weight excluding hydrogens is 270 g/mol. The molecule has 0 spiro atoms. The number of hydrogen-bond acceptors (Lipinski definition) is 5. The summed E-state index contributed by atoms with van der Waals surface area (Å²) in [6.07, 6.45) is 4.52. The number of ether oxygens (including phenoxy) is 2.